The first kappa shape index (κ1) is 21.5. The van der Waals surface area contributed by atoms with Crippen LogP contribution in [0.25, 0.3) is 0 Å². The molecule has 9 heteroatoms. The Balaban J connectivity index is 3.54. The molecule has 0 saturated carbocycles. The van der Waals surface area contributed by atoms with Crippen molar-refractivity contribution in [2.75, 3.05) is 61.0 Å². The van der Waals surface area contributed by atoms with Gasteiger partial charge in [0, 0.05) is 7.11 Å². The second-order valence-corrected chi connectivity index (χ2v) is 3.88. The number of methoxy groups -OCH3 is 3. The van der Waals surface area contributed by atoms with Gasteiger partial charge in [-0.2, -0.15) is 9.78 Å². The van der Waals surface area contributed by atoms with E-state index >= 15 is 0 Å². The standard InChI is InChI=1S/C14H26O9/c1-15-4-8-20-22-10-6-18-13-14(12-17-3)19-7-11-23-21-9-5-16-2/h4-5,8-9,14H,6-7,10-13H2,1-3H3/b8-4+,9-5-. The number of hydrogen-bond acceptors (Lipinski definition) is 9. The molecule has 0 aliphatic heterocycles. The van der Waals surface area contributed by atoms with E-state index in [4.69, 9.17) is 24.0 Å². The van der Waals surface area contributed by atoms with Crippen LogP contribution in [0.5, 0.6) is 0 Å². The van der Waals surface area contributed by atoms with Gasteiger partial charge in [0.2, 0.25) is 0 Å². The highest BCUT2D eigenvalue weighted by atomic mass is 17.2. The monoisotopic (exact) mass is 338 g/mol. The zero-order valence-electron chi connectivity index (χ0n) is 13.8. The number of hydrogen-bond donors (Lipinski definition) is 0. The van der Waals surface area contributed by atoms with Gasteiger partial charge in [-0.25, -0.2) is 0 Å². The summed E-state index contributed by atoms with van der Waals surface area (Å²) in [5.74, 6) is 0. The highest BCUT2D eigenvalue weighted by Crippen LogP contribution is 1.96. The summed E-state index contributed by atoms with van der Waals surface area (Å²) >= 11 is 0. The van der Waals surface area contributed by atoms with Gasteiger partial charge >= 0.3 is 0 Å². The van der Waals surface area contributed by atoms with Gasteiger partial charge in [0.25, 0.3) is 0 Å². The summed E-state index contributed by atoms with van der Waals surface area (Å²) in [5, 5.41) is 0. The van der Waals surface area contributed by atoms with E-state index in [0.29, 0.717) is 26.4 Å². The van der Waals surface area contributed by atoms with Gasteiger partial charge in [0.05, 0.1) is 40.6 Å². The third-order valence-corrected chi connectivity index (χ3v) is 2.12. The molecule has 0 aromatic carbocycles. The summed E-state index contributed by atoms with van der Waals surface area (Å²) in [5.41, 5.74) is 0. The van der Waals surface area contributed by atoms with Crippen molar-refractivity contribution in [3.63, 3.8) is 0 Å². The predicted molar refractivity (Wildman–Crippen MR) is 78.8 cm³/mol. The molecular formula is C14H26O9. The molecule has 0 rings (SSSR count). The SMILES string of the molecule is CO/C=C\OOCCOC(COC)COCCOO/C=C/OC. The minimum Gasteiger partial charge on any atom is -0.501 e. The predicted octanol–water partition coefficient (Wildman–Crippen LogP) is 1.17. The van der Waals surface area contributed by atoms with Crippen LogP contribution < -0.4 is 0 Å². The van der Waals surface area contributed by atoms with E-state index in [1.807, 2.05) is 0 Å². The Morgan fingerprint density at radius 2 is 1.30 bits per heavy atom. The first-order valence-corrected chi connectivity index (χ1v) is 6.95. The lowest BCUT2D eigenvalue weighted by Gasteiger charge is -2.16. The van der Waals surface area contributed by atoms with Gasteiger partial charge < -0.3 is 33.5 Å². The molecule has 0 N–H and O–H groups in total. The molecule has 136 valence electrons. The number of rotatable bonds is 17. The van der Waals surface area contributed by atoms with Crippen molar-refractivity contribution in [1.29, 1.82) is 0 Å². The number of ether oxygens (including phenoxy) is 5. The molecule has 0 fully saturated rings. The molecule has 0 amide bonds. The molecule has 0 aromatic rings. The molecule has 0 radical (unpaired) electrons. The third-order valence-electron chi connectivity index (χ3n) is 2.12. The Bertz CT molecular complexity index is 283. The highest BCUT2D eigenvalue weighted by Gasteiger charge is 2.09. The molecule has 23 heavy (non-hydrogen) atoms. The van der Waals surface area contributed by atoms with Crippen molar-refractivity contribution in [1.82, 2.24) is 0 Å². The fourth-order valence-corrected chi connectivity index (χ4v) is 1.22. The van der Waals surface area contributed by atoms with Crippen molar-refractivity contribution < 1.29 is 43.2 Å². The Labute approximate surface area is 136 Å². The Morgan fingerprint density at radius 1 is 0.696 bits per heavy atom. The van der Waals surface area contributed by atoms with Crippen LogP contribution in [-0.2, 0) is 43.2 Å². The zero-order valence-corrected chi connectivity index (χ0v) is 13.8. The molecule has 0 heterocycles. The van der Waals surface area contributed by atoms with Crippen molar-refractivity contribution in [2.45, 2.75) is 6.10 Å². The first-order valence-electron chi connectivity index (χ1n) is 6.95. The van der Waals surface area contributed by atoms with E-state index in [0.717, 1.165) is 0 Å². The lowest BCUT2D eigenvalue weighted by molar-refractivity contribution is -0.261. The van der Waals surface area contributed by atoms with Crippen LogP contribution in [0.3, 0.4) is 0 Å². The minimum atomic E-state index is -0.215. The molecule has 9 nitrogen and oxygen atoms in total. The summed E-state index contributed by atoms with van der Waals surface area (Å²) in [6.07, 6.45) is 5.03. The van der Waals surface area contributed by atoms with Crippen LogP contribution in [0.4, 0.5) is 0 Å². The van der Waals surface area contributed by atoms with Crippen LogP contribution in [0.1, 0.15) is 0 Å². The van der Waals surface area contributed by atoms with Crippen LogP contribution in [0.2, 0.25) is 0 Å². The largest absolute Gasteiger partial charge is 0.501 e. The molecule has 0 bridgehead atoms. The summed E-state index contributed by atoms with van der Waals surface area (Å²) in [4.78, 5) is 19.0. The summed E-state index contributed by atoms with van der Waals surface area (Å²) in [7, 11) is 4.60. The van der Waals surface area contributed by atoms with Crippen LogP contribution in [0, 0.1) is 0 Å². The van der Waals surface area contributed by atoms with Crippen LogP contribution >= 0.6 is 0 Å². The van der Waals surface area contributed by atoms with Crippen LogP contribution in [-0.4, -0.2) is 67.1 Å². The van der Waals surface area contributed by atoms with E-state index in [1.54, 1.807) is 7.11 Å². The normalized spacial score (nSPS) is 12.7. The van der Waals surface area contributed by atoms with Gasteiger partial charge in [-0.05, 0) is 0 Å². The maximum Gasteiger partial charge on any atom is 0.163 e. The fraction of sp³-hybridized carbons (Fsp3) is 0.714. The van der Waals surface area contributed by atoms with E-state index in [1.165, 1.54) is 39.3 Å². The highest BCUT2D eigenvalue weighted by molar-refractivity contribution is 4.57. The molecule has 0 aliphatic rings. The molecule has 0 spiro atoms. The van der Waals surface area contributed by atoms with E-state index in [9.17, 15) is 0 Å². The van der Waals surface area contributed by atoms with E-state index in [-0.39, 0.29) is 19.3 Å². The Kier molecular flexibility index (Phi) is 17.3. The Morgan fingerprint density at radius 3 is 1.87 bits per heavy atom. The van der Waals surface area contributed by atoms with Gasteiger partial charge in [-0.15, -0.1) is 0 Å². The average molecular weight is 338 g/mol. The summed E-state index contributed by atoms with van der Waals surface area (Å²) in [6.45, 7) is 1.98. The van der Waals surface area contributed by atoms with Crippen molar-refractivity contribution in [3.8, 4) is 0 Å². The summed E-state index contributed by atoms with van der Waals surface area (Å²) in [6, 6.07) is 0. The smallest absolute Gasteiger partial charge is 0.163 e. The van der Waals surface area contributed by atoms with Crippen molar-refractivity contribution in [2.24, 2.45) is 0 Å². The van der Waals surface area contributed by atoms with E-state index < -0.39 is 0 Å². The van der Waals surface area contributed by atoms with Crippen LogP contribution in [0.15, 0.2) is 25.0 Å². The second-order valence-electron chi connectivity index (χ2n) is 3.88. The molecule has 0 saturated heterocycles. The van der Waals surface area contributed by atoms with Gasteiger partial charge in [0.15, 0.2) is 12.5 Å². The maximum absolute atomic E-state index is 5.54. The lowest BCUT2D eigenvalue weighted by Crippen LogP contribution is -2.27. The topological polar surface area (TPSA) is 83.1 Å². The van der Waals surface area contributed by atoms with E-state index in [2.05, 4.69) is 19.2 Å². The van der Waals surface area contributed by atoms with Crippen molar-refractivity contribution >= 4 is 0 Å². The lowest BCUT2D eigenvalue weighted by atomic mass is 10.4. The molecular weight excluding hydrogens is 312 g/mol. The zero-order chi connectivity index (χ0) is 17.0. The third kappa shape index (κ3) is 16.7. The molecule has 0 aromatic heterocycles. The average Bonchev–Trinajstić information content (AvgIpc) is 2.56. The first-order chi connectivity index (χ1) is 11.3. The maximum atomic E-state index is 5.54. The molecule has 0 aliphatic carbocycles. The van der Waals surface area contributed by atoms with Crippen molar-refractivity contribution in [3.05, 3.63) is 25.0 Å². The Hall–Kier alpha value is -1.52. The minimum absolute atomic E-state index is 0.215. The van der Waals surface area contributed by atoms with Gasteiger partial charge in [-0.1, -0.05) is 0 Å². The second kappa shape index (κ2) is 18.5. The van der Waals surface area contributed by atoms with Gasteiger partial charge in [0.1, 0.15) is 31.8 Å². The summed E-state index contributed by atoms with van der Waals surface area (Å²) < 4.78 is 25.2. The quantitative estimate of drug-likeness (QED) is 0.168. The molecule has 1 unspecified atom stereocenters. The van der Waals surface area contributed by atoms with Gasteiger partial charge in [-0.3, -0.25) is 0 Å². The molecule has 1 atom stereocenters. The fourth-order valence-electron chi connectivity index (χ4n) is 1.22.